The zero-order valence-electron chi connectivity index (χ0n) is 16.7. The van der Waals surface area contributed by atoms with Gasteiger partial charge in [-0.3, -0.25) is 9.36 Å². The number of benzene rings is 1. The highest BCUT2D eigenvalue weighted by molar-refractivity contribution is 7.20. The zero-order chi connectivity index (χ0) is 21.1. The molecule has 7 nitrogen and oxygen atoms in total. The number of aryl methyl sites for hydroxylation is 1. The van der Waals surface area contributed by atoms with E-state index in [4.69, 9.17) is 9.47 Å². The summed E-state index contributed by atoms with van der Waals surface area (Å²) in [7, 11) is 0. The first-order valence-electron chi connectivity index (χ1n) is 9.27. The minimum absolute atomic E-state index is 0.221. The van der Waals surface area contributed by atoms with Crippen LogP contribution in [0.1, 0.15) is 51.9 Å². The van der Waals surface area contributed by atoms with Crippen molar-refractivity contribution in [3.05, 3.63) is 62.5 Å². The first kappa shape index (κ1) is 20.7. The summed E-state index contributed by atoms with van der Waals surface area (Å²) >= 11 is 1.16. The molecule has 0 spiro atoms. The predicted molar refractivity (Wildman–Crippen MR) is 111 cm³/mol. The Labute approximate surface area is 171 Å². The average Bonchev–Trinajstić information content (AvgIpc) is 3.01. The zero-order valence-corrected chi connectivity index (χ0v) is 17.5. The Morgan fingerprint density at radius 1 is 1.17 bits per heavy atom. The van der Waals surface area contributed by atoms with E-state index in [9.17, 15) is 14.4 Å². The summed E-state index contributed by atoms with van der Waals surface area (Å²) in [6.45, 7) is 7.65. The minimum atomic E-state index is -0.444. The Morgan fingerprint density at radius 3 is 2.48 bits per heavy atom. The maximum absolute atomic E-state index is 13.0. The molecule has 3 aromatic rings. The van der Waals surface area contributed by atoms with Crippen molar-refractivity contribution in [2.75, 3.05) is 6.61 Å². The van der Waals surface area contributed by atoms with Gasteiger partial charge in [-0.15, -0.1) is 11.3 Å². The van der Waals surface area contributed by atoms with Gasteiger partial charge < -0.3 is 9.47 Å². The summed E-state index contributed by atoms with van der Waals surface area (Å²) in [4.78, 5) is 42.3. The number of esters is 2. The minimum Gasteiger partial charge on any atom is -0.462 e. The van der Waals surface area contributed by atoms with Crippen LogP contribution in [-0.4, -0.2) is 34.2 Å². The molecule has 8 heteroatoms. The Morgan fingerprint density at radius 2 is 1.86 bits per heavy atom. The molecule has 2 aromatic heterocycles. The third-order valence-corrected chi connectivity index (χ3v) is 5.44. The molecular weight excluding hydrogens is 392 g/mol. The fourth-order valence-electron chi connectivity index (χ4n) is 2.89. The van der Waals surface area contributed by atoms with Gasteiger partial charge >= 0.3 is 11.9 Å². The van der Waals surface area contributed by atoms with Gasteiger partial charge in [0, 0.05) is 0 Å². The molecule has 0 aliphatic rings. The number of nitrogens with zero attached hydrogens (tertiary/aromatic N) is 2. The highest BCUT2D eigenvalue weighted by Gasteiger charge is 2.21. The molecule has 0 bridgehead atoms. The van der Waals surface area contributed by atoms with Crippen molar-refractivity contribution in [2.24, 2.45) is 0 Å². The van der Waals surface area contributed by atoms with Crippen molar-refractivity contribution in [3.63, 3.8) is 0 Å². The Balaban J connectivity index is 1.90. The van der Waals surface area contributed by atoms with Crippen LogP contribution in [0.2, 0.25) is 0 Å². The third-order valence-electron chi connectivity index (χ3n) is 4.26. The molecule has 0 saturated carbocycles. The summed E-state index contributed by atoms with van der Waals surface area (Å²) in [6, 6.07) is 6.88. The number of hydrogen-bond acceptors (Lipinski definition) is 7. The topological polar surface area (TPSA) is 87.5 Å². The van der Waals surface area contributed by atoms with Crippen molar-refractivity contribution in [1.82, 2.24) is 9.55 Å². The molecule has 152 valence electrons. The highest BCUT2D eigenvalue weighted by Crippen LogP contribution is 2.27. The largest absolute Gasteiger partial charge is 0.462 e. The second-order valence-corrected chi connectivity index (χ2v) is 7.78. The lowest BCUT2D eigenvalue weighted by atomic mass is 10.1. The maximum Gasteiger partial charge on any atom is 0.348 e. The molecule has 0 saturated heterocycles. The number of rotatable bonds is 6. The Bertz CT molecular complexity index is 1110. The summed E-state index contributed by atoms with van der Waals surface area (Å²) in [6.07, 6.45) is 1.23. The molecule has 0 aliphatic heterocycles. The van der Waals surface area contributed by atoms with Crippen LogP contribution in [0.5, 0.6) is 0 Å². The van der Waals surface area contributed by atoms with Crippen molar-refractivity contribution >= 4 is 33.5 Å². The lowest BCUT2D eigenvalue weighted by Gasteiger charge is -2.07. The molecule has 0 fully saturated rings. The number of carbonyl (C=O) groups excluding carboxylic acids is 2. The number of carbonyl (C=O) groups is 2. The average molecular weight is 414 g/mol. The fourth-order valence-corrected chi connectivity index (χ4v) is 3.91. The number of ether oxygens (including phenoxy) is 2. The lowest BCUT2D eigenvalue weighted by Crippen LogP contribution is -2.21. The summed E-state index contributed by atoms with van der Waals surface area (Å²) in [5, 5.41) is 0.427. The second kappa shape index (κ2) is 8.57. The van der Waals surface area contributed by atoms with Crippen LogP contribution in [-0.2, 0) is 16.0 Å². The van der Waals surface area contributed by atoms with Crippen molar-refractivity contribution < 1.29 is 19.1 Å². The maximum atomic E-state index is 13.0. The Kier molecular flexibility index (Phi) is 6.12. The van der Waals surface area contributed by atoms with Crippen molar-refractivity contribution in [2.45, 2.75) is 40.3 Å². The molecule has 0 unspecified atom stereocenters. The van der Waals surface area contributed by atoms with Gasteiger partial charge in [0.15, 0.2) is 0 Å². The summed E-state index contributed by atoms with van der Waals surface area (Å²) in [5.74, 6) is -0.824. The van der Waals surface area contributed by atoms with Crippen LogP contribution >= 0.6 is 11.3 Å². The van der Waals surface area contributed by atoms with Gasteiger partial charge in [-0.25, -0.2) is 14.6 Å². The first-order valence-corrected chi connectivity index (χ1v) is 10.1. The highest BCUT2D eigenvalue weighted by atomic mass is 32.1. The normalized spacial score (nSPS) is 11.1. The molecule has 0 radical (unpaired) electrons. The van der Waals surface area contributed by atoms with E-state index < -0.39 is 5.97 Å². The van der Waals surface area contributed by atoms with Gasteiger partial charge in [-0.2, -0.15) is 0 Å². The van der Waals surface area contributed by atoms with E-state index in [1.807, 2.05) is 0 Å². The molecular formula is C21H22N2O5S. The molecule has 0 atom stereocenters. The molecule has 0 aliphatic carbocycles. The predicted octanol–water partition coefficient (Wildman–Crippen LogP) is 3.56. The van der Waals surface area contributed by atoms with E-state index in [1.165, 1.54) is 10.9 Å². The van der Waals surface area contributed by atoms with E-state index in [1.54, 1.807) is 52.0 Å². The van der Waals surface area contributed by atoms with Crippen LogP contribution in [0.15, 0.2) is 35.4 Å². The van der Waals surface area contributed by atoms with E-state index in [0.717, 1.165) is 16.9 Å². The van der Waals surface area contributed by atoms with Gasteiger partial charge in [0.2, 0.25) is 0 Å². The van der Waals surface area contributed by atoms with Gasteiger partial charge in [0.1, 0.15) is 9.71 Å². The van der Waals surface area contributed by atoms with Gasteiger partial charge in [-0.1, -0.05) is 12.1 Å². The standard InChI is InChI=1S/C21H22N2O5S/c1-5-27-20(25)15-8-6-14(7-9-15)10-23-11-22-18-16(19(23)24)13(4)17(29-18)21(26)28-12(2)3/h6-9,11-12H,5,10H2,1-4H3. The second-order valence-electron chi connectivity index (χ2n) is 6.79. The number of thiophene rings is 1. The summed E-state index contributed by atoms with van der Waals surface area (Å²) in [5.41, 5.74) is 1.66. The van der Waals surface area contributed by atoms with Gasteiger partial charge in [-0.05, 0) is 51.0 Å². The quantitative estimate of drug-likeness (QED) is 0.573. The molecule has 2 heterocycles. The van der Waals surface area contributed by atoms with E-state index in [-0.39, 0.29) is 17.6 Å². The number of aromatic nitrogens is 2. The smallest absolute Gasteiger partial charge is 0.348 e. The van der Waals surface area contributed by atoms with Crippen LogP contribution in [0.3, 0.4) is 0 Å². The third kappa shape index (κ3) is 4.37. The van der Waals surface area contributed by atoms with Gasteiger partial charge in [0.25, 0.3) is 5.56 Å². The summed E-state index contributed by atoms with van der Waals surface area (Å²) < 4.78 is 11.7. The van der Waals surface area contributed by atoms with E-state index in [2.05, 4.69) is 4.98 Å². The van der Waals surface area contributed by atoms with Crippen LogP contribution in [0.25, 0.3) is 10.2 Å². The molecule has 3 rings (SSSR count). The van der Waals surface area contributed by atoms with Crippen LogP contribution in [0, 0.1) is 6.92 Å². The first-order chi connectivity index (χ1) is 13.8. The van der Waals surface area contributed by atoms with E-state index >= 15 is 0 Å². The number of hydrogen-bond donors (Lipinski definition) is 0. The molecule has 1 aromatic carbocycles. The Hall–Kier alpha value is -3.00. The van der Waals surface area contributed by atoms with E-state index in [0.29, 0.717) is 39.4 Å². The molecule has 0 N–H and O–H groups in total. The fraction of sp³-hybridized carbons (Fsp3) is 0.333. The van der Waals surface area contributed by atoms with Crippen LogP contribution in [0.4, 0.5) is 0 Å². The van der Waals surface area contributed by atoms with Crippen molar-refractivity contribution in [3.8, 4) is 0 Å². The number of fused-ring (bicyclic) bond motifs is 1. The molecule has 0 amide bonds. The SMILES string of the molecule is CCOC(=O)c1ccc(Cn2cnc3sc(C(=O)OC(C)C)c(C)c3c2=O)cc1. The lowest BCUT2D eigenvalue weighted by molar-refractivity contribution is 0.0382. The molecule has 29 heavy (non-hydrogen) atoms. The monoisotopic (exact) mass is 414 g/mol. The van der Waals surface area contributed by atoms with Crippen LogP contribution < -0.4 is 5.56 Å². The van der Waals surface area contributed by atoms with Gasteiger partial charge in [0.05, 0.1) is 36.5 Å². The van der Waals surface area contributed by atoms with Crippen molar-refractivity contribution in [1.29, 1.82) is 0 Å².